The van der Waals surface area contributed by atoms with Crippen LogP contribution in [0.4, 0.5) is 15.8 Å². The molecule has 0 saturated carbocycles. The molecular formula is C18H22FN3. The van der Waals surface area contributed by atoms with Gasteiger partial charge in [-0.3, -0.25) is 0 Å². The maximum Gasteiger partial charge on any atom is 0.123 e. The Labute approximate surface area is 131 Å². The number of nitrogens with two attached hydrogens (primary N) is 1. The highest BCUT2D eigenvalue weighted by Crippen LogP contribution is 2.28. The summed E-state index contributed by atoms with van der Waals surface area (Å²) in [6.07, 6.45) is 0. The number of para-hydroxylation sites is 1. The van der Waals surface area contributed by atoms with Crippen LogP contribution in [0.15, 0.2) is 48.5 Å². The van der Waals surface area contributed by atoms with E-state index in [0.29, 0.717) is 0 Å². The zero-order chi connectivity index (χ0) is 15.5. The summed E-state index contributed by atoms with van der Waals surface area (Å²) in [5.41, 5.74) is 9.20. The molecule has 1 aliphatic heterocycles. The van der Waals surface area contributed by atoms with Gasteiger partial charge in [-0.1, -0.05) is 18.2 Å². The predicted molar refractivity (Wildman–Crippen MR) is 89.9 cm³/mol. The average Bonchev–Trinajstić information content (AvgIpc) is 2.56. The van der Waals surface area contributed by atoms with Crippen molar-refractivity contribution in [2.45, 2.75) is 13.0 Å². The molecule has 1 atom stereocenters. The van der Waals surface area contributed by atoms with E-state index in [4.69, 9.17) is 5.73 Å². The van der Waals surface area contributed by atoms with Gasteiger partial charge in [-0.2, -0.15) is 0 Å². The Morgan fingerprint density at radius 2 is 1.59 bits per heavy atom. The number of hydrogen-bond acceptors (Lipinski definition) is 3. The van der Waals surface area contributed by atoms with Crippen molar-refractivity contribution in [3.63, 3.8) is 0 Å². The molecule has 1 aliphatic rings. The Hall–Kier alpha value is -2.07. The first kappa shape index (κ1) is 14.9. The molecule has 3 rings (SSSR count). The quantitative estimate of drug-likeness (QED) is 0.945. The van der Waals surface area contributed by atoms with E-state index < -0.39 is 0 Å². The maximum absolute atomic E-state index is 13.5. The second kappa shape index (κ2) is 6.36. The summed E-state index contributed by atoms with van der Waals surface area (Å²) in [4.78, 5) is 4.68. The van der Waals surface area contributed by atoms with Crippen molar-refractivity contribution in [2.24, 2.45) is 5.73 Å². The van der Waals surface area contributed by atoms with Gasteiger partial charge in [0, 0.05) is 43.6 Å². The summed E-state index contributed by atoms with van der Waals surface area (Å²) < 4.78 is 13.5. The van der Waals surface area contributed by atoms with Gasteiger partial charge in [0.1, 0.15) is 5.82 Å². The molecule has 0 amide bonds. The van der Waals surface area contributed by atoms with Crippen LogP contribution in [0.1, 0.15) is 18.5 Å². The van der Waals surface area contributed by atoms with Crippen LogP contribution in [-0.4, -0.2) is 26.2 Å². The molecule has 1 unspecified atom stereocenters. The van der Waals surface area contributed by atoms with Crippen molar-refractivity contribution in [2.75, 3.05) is 36.0 Å². The van der Waals surface area contributed by atoms with Crippen LogP contribution in [0, 0.1) is 5.82 Å². The Morgan fingerprint density at radius 3 is 2.23 bits per heavy atom. The van der Waals surface area contributed by atoms with Gasteiger partial charge in [-0.25, -0.2) is 4.39 Å². The zero-order valence-corrected chi connectivity index (χ0v) is 12.9. The number of benzene rings is 2. The third kappa shape index (κ3) is 3.07. The molecule has 116 valence electrons. The second-order valence-electron chi connectivity index (χ2n) is 5.80. The Balaban J connectivity index is 1.74. The summed E-state index contributed by atoms with van der Waals surface area (Å²) in [6.45, 7) is 5.65. The van der Waals surface area contributed by atoms with E-state index in [9.17, 15) is 4.39 Å². The van der Waals surface area contributed by atoms with Crippen LogP contribution < -0.4 is 15.5 Å². The summed E-state index contributed by atoms with van der Waals surface area (Å²) >= 11 is 0. The fraction of sp³-hybridized carbons (Fsp3) is 0.333. The molecule has 3 nitrogen and oxygen atoms in total. The van der Waals surface area contributed by atoms with Crippen molar-refractivity contribution in [3.05, 3.63) is 59.9 Å². The van der Waals surface area contributed by atoms with Gasteiger partial charge in [0.05, 0.1) is 0 Å². The molecule has 2 aromatic rings. The van der Waals surface area contributed by atoms with Crippen molar-refractivity contribution in [3.8, 4) is 0 Å². The molecule has 0 aliphatic carbocycles. The fourth-order valence-corrected chi connectivity index (χ4v) is 3.02. The van der Waals surface area contributed by atoms with Crippen LogP contribution in [0.5, 0.6) is 0 Å². The Morgan fingerprint density at radius 1 is 0.955 bits per heavy atom. The standard InChI is InChI=1S/C18H22FN3/c1-14(20)17-13-15(19)7-8-18(17)22-11-9-21(10-12-22)16-5-3-2-4-6-16/h2-8,13-14H,9-12,20H2,1H3. The number of halogens is 1. The molecule has 22 heavy (non-hydrogen) atoms. The lowest BCUT2D eigenvalue weighted by Gasteiger charge is -2.38. The first-order valence-electron chi connectivity index (χ1n) is 7.75. The first-order chi connectivity index (χ1) is 10.6. The summed E-state index contributed by atoms with van der Waals surface area (Å²) in [6, 6.07) is 15.2. The van der Waals surface area contributed by atoms with Crippen LogP contribution >= 0.6 is 0 Å². The SMILES string of the molecule is CC(N)c1cc(F)ccc1N1CCN(c2ccccc2)CC1. The largest absolute Gasteiger partial charge is 0.368 e. The maximum atomic E-state index is 13.5. The topological polar surface area (TPSA) is 32.5 Å². The number of nitrogens with zero attached hydrogens (tertiary/aromatic N) is 2. The molecule has 0 spiro atoms. The first-order valence-corrected chi connectivity index (χ1v) is 7.75. The minimum absolute atomic E-state index is 0.169. The lowest BCUT2D eigenvalue weighted by molar-refractivity contribution is 0.616. The van der Waals surface area contributed by atoms with E-state index in [0.717, 1.165) is 37.4 Å². The van der Waals surface area contributed by atoms with Crippen molar-refractivity contribution < 1.29 is 4.39 Å². The third-order valence-electron chi connectivity index (χ3n) is 4.22. The lowest BCUT2D eigenvalue weighted by Crippen LogP contribution is -2.47. The molecule has 0 aromatic heterocycles. The van der Waals surface area contributed by atoms with E-state index in [-0.39, 0.29) is 11.9 Å². The van der Waals surface area contributed by atoms with Crippen LogP contribution in [0.25, 0.3) is 0 Å². The van der Waals surface area contributed by atoms with Crippen molar-refractivity contribution in [1.29, 1.82) is 0 Å². The zero-order valence-electron chi connectivity index (χ0n) is 12.9. The van der Waals surface area contributed by atoms with Gasteiger partial charge in [0.25, 0.3) is 0 Å². The van der Waals surface area contributed by atoms with E-state index in [2.05, 4.69) is 34.1 Å². The molecule has 4 heteroatoms. The highest BCUT2D eigenvalue weighted by molar-refractivity contribution is 5.57. The van der Waals surface area contributed by atoms with Crippen molar-refractivity contribution in [1.82, 2.24) is 0 Å². The van der Waals surface area contributed by atoms with Crippen molar-refractivity contribution >= 4 is 11.4 Å². The highest BCUT2D eigenvalue weighted by atomic mass is 19.1. The van der Waals surface area contributed by atoms with Gasteiger partial charge >= 0.3 is 0 Å². The third-order valence-corrected chi connectivity index (χ3v) is 4.22. The Bertz CT molecular complexity index is 619. The second-order valence-corrected chi connectivity index (χ2v) is 5.80. The molecule has 1 saturated heterocycles. The predicted octanol–water partition coefficient (Wildman–Crippen LogP) is 3.17. The average molecular weight is 299 g/mol. The monoisotopic (exact) mass is 299 g/mol. The van der Waals surface area contributed by atoms with Crippen LogP contribution in [0.2, 0.25) is 0 Å². The van der Waals surface area contributed by atoms with E-state index in [1.807, 2.05) is 19.1 Å². The van der Waals surface area contributed by atoms with Crippen LogP contribution in [0.3, 0.4) is 0 Å². The summed E-state index contributed by atoms with van der Waals surface area (Å²) in [5.74, 6) is -0.223. The molecular weight excluding hydrogens is 277 g/mol. The lowest BCUT2D eigenvalue weighted by atomic mass is 10.0. The number of piperazine rings is 1. The highest BCUT2D eigenvalue weighted by Gasteiger charge is 2.20. The molecule has 1 fully saturated rings. The summed E-state index contributed by atoms with van der Waals surface area (Å²) in [5, 5.41) is 0. The number of rotatable bonds is 3. The van der Waals surface area contributed by atoms with E-state index >= 15 is 0 Å². The number of anilines is 2. The molecule has 0 radical (unpaired) electrons. The van der Waals surface area contributed by atoms with Gasteiger partial charge in [-0.05, 0) is 42.8 Å². The van der Waals surface area contributed by atoms with E-state index in [1.165, 1.54) is 11.8 Å². The van der Waals surface area contributed by atoms with Gasteiger partial charge in [0.2, 0.25) is 0 Å². The minimum Gasteiger partial charge on any atom is -0.368 e. The van der Waals surface area contributed by atoms with Gasteiger partial charge < -0.3 is 15.5 Å². The molecule has 1 heterocycles. The smallest absolute Gasteiger partial charge is 0.123 e. The molecule has 0 bridgehead atoms. The van der Waals surface area contributed by atoms with E-state index in [1.54, 1.807) is 6.07 Å². The molecule has 2 N–H and O–H groups in total. The van der Waals surface area contributed by atoms with Crippen LogP contribution in [-0.2, 0) is 0 Å². The van der Waals surface area contributed by atoms with Gasteiger partial charge in [0.15, 0.2) is 0 Å². The minimum atomic E-state index is -0.223. The van der Waals surface area contributed by atoms with Gasteiger partial charge in [-0.15, -0.1) is 0 Å². The normalized spacial score (nSPS) is 16.7. The Kier molecular flexibility index (Phi) is 4.29. The summed E-state index contributed by atoms with van der Waals surface area (Å²) in [7, 11) is 0. The fourth-order valence-electron chi connectivity index (χ4n) is 3.02. The number of hydrogen-bond donors (Lipinski definition) is 1. The molecule has 2 aromatic carbocycles.